The Morgan fingerprint density at radius 3 is 2.77 bits per heavy atom. The van der Waals surface area contributed by atoms with Crippen molar-refractivity contribution < 1.29 is 0 Å². The van der Waals surface area contributed by atoms with E-state index in [2.05, 4.69) is 20.1 Å². The Morgan fingerprint density at radius 2 is 2.00 bits per heavy atom. The van der Waals surface area contributed by atoms with E-state index in [-0.39, 0.29) is 5.56 Å². The second-order valence-electron chi connectivity index (χ2n) is 6.06. The molecule has 130 valence electrons. The molecule has 4 aromatic rings. The molecule has 26 heavy (non-hydrogen) atoms. The number of aromatic nitrogens is 4. The first kappa shape index (κ1) is 16.4. The summed E-state index contributed by atoms with van der Waals surface area (Å²) in [7, 11) is 0. The number of H-pyrrole nitrogens is 1. The lowest BCUT2D eigenvalue weighted by atomic mass is 10.2. The van der Waals surface area contributed by atoms with Gasteiger partial charge < -0.3 is 0 Å². The topological polar surface area (TPSA) is 75.9 Å². The van der Waals surface area contributed by atoms with Gasteiger partial charge in [-0.25, -0.2) is 15.0 Å². The molecule has 0 aliphatic carbocycles. The Bertz CT molecular complexity index is 1170. The van der Waals surface area contributed by atoms with Gasteiger partial charge in [-0.2, -0.15) is 4.68 Å². The van der Waals surface area contributed by atoms with Crippen LogP contribution >= 0.6 is 11.3 Å². The molecule has 1 aromatic carbocycles. The highest BCUT2D eigenvalue weighted by Gasteiger charge is 2.17. The Morgan fingerprint density at radius 1 is 1.19 bits per heavy atom. The zero-order chi connectivity index (χ0) is 18.3. The van der Waals surface area contributed by atoms with Crippen molar-refractivity contribution in [3.05, 3.63) is 69.8 Å². The number of thiazole rings is 1. The Balaban J connectivity index is 1.82. The van der Waals surface area contributed by atoms with Crippen molar-refractivity contribution in [1.82, 2.24) is 19.7 Å². The zero-order valence-electron chi connectivity index (χ0n) is 14.6. The lowest BCUT2D eigenvalue weighted by Crippen LogP contribution is -2.19. The second kappa shape index (κ2) is 6.34. The molecule has 0 bridgehead atoms. The molecule has 0 aliphatic heterocycles. The van der Waals surface area contributed by atoms with Crippen LogP contribution in [0.4, 0.5) is 5.82 Å². The van der Waals surface area contributed by atoms with Gasteiger partial charge in [-0.15, -0.1) is 0 Å². The molecule has 0 saturated carbocycles. The lowest BCUT2D eigenvalue weighted by molar-refractivity contribution is 0.829. The van der Waals surface area contributed by atoms with Crippen molar-refractivity contribution >= 4 is 33.1 Å². The molecule has 0 aliphatic rings. The molecule has 3 aromatic heterocycles. The van der Waals surface area contributed by atoms with E-state index in [1.165, 1.54) is 16.0 Å². The third kappa shape index (κ3) is 2.76. The molecule has 0 radical (unpaired) electrons. The third-order valence-corrected chi connectivity index (χ3v) is 5.18. The first-order chi connectivity index (χ1) is 12.5. The molecule has 0 saturated heterocycles. The van der Waals surface area contributed by atoms with Crippen molar-refractivity contribution in [2.75, 3.05) is 0 Å². The van der Waals surface area contributed by atoms with Gasteiger partial charge >= 0.3 is 0 Å². The smallest absolute Gasteiger partial charge is 0.282 e. The van der Waals surface area contributed by atoms with Crippen molar-refractivity contribution in [3.8, 4) is 5.13 Å². The predicted octanol–water partition coefficient (Wildman–Crippen LogP) is 3.93. The van der Waals surface area contributed by atoms with Crippen LogP contribution in [0, 0.1) is 13.8 Å². The summed E-state index contributed by atoms with van der Waals surface area (Å²) in [6.07, 6.45) is 1.70. The maximum atomic E-state index is 13.0. The summed E-state index contributed by atoms with van der Waals surface area (Å²) < 4.78 is 2.53. The summed E-state index contributed by atoms with van der Waals surface area (Å²) in [6.45, 7) is 5.64. The van der Waals surface area contributed by atoms with Crippen LogP contribution in [0.1, 0.15) is 23.7 Å². The van der Waals surface area contributed by atoms with Gasteiger partial charge in [0.25, 0.3) is 5.56 Å². The number of fused-ring (bicyclic) bond motifs is 1. The molecule has 0 atom stereocenters. The number of aromatic amines is 1. The highest BCUT2D eigenvalue weighted by Crippen LogP contribution is 2.24. The largest absolute Gasteiger partial charge is 0.293 e. The molecule has 0 fully saturated rings. The molecule has 0 unspecified atom stereocenters. The maximum absolute atomic E-state index is 13.0. The third-order valence-electron chi connectivity index (χ3n) is 4.16. The second-order valence-corrected chi connectivity index (χ2v) is 7.07. The molecule has 3 heterocycles. The van der Waals surface area contributed by atoms with E-state index in [4.69, 9.17) is 0 Å². The fourth-order valence-electron chi connectivity index (χ4n) is 2.87. The van der Waals surface area contributed by atoms with E-state index in [0.717, 1.165) is 21.5 Å². The van der Waals surface area contributed by atoms with Crippen LogP contribution < -0.4 is 5.56 Å². The van der Waals surface area contributed by atoms with Crippen LogP contribution in [0.3, 0.4) is 0 Å². The number of rotatable bonds is 3. The fraction of sp³-hybridized carbons (Fsp3) is 0.158. The van der Waals surface area contributed by atoms with Crippen LogP contribution in [0.5, 0.6) is 0 Å². The van der Waals surface area contributed by atoms with E-state index in [1.54, 1.807) is 6.20 Å². The van der Waals surface area contributed by atoms with Gasteiger partial charge in [0.05, 0.1) is 21.5 Å². The number of pyridine rings is 1. The van der Waals surface area contributed by atoms with Crippen LogP contribution in [-0.2, 0) is 0 Å². The predicted molar refractivity (Wildman–Crippen MR) is 105 cm³/mol. The summed E-state index contributed by atoms with van der Waals surface area (Å²) in [6, 6.07) is 11.6. The first-order valence-corrected chi connectivity index (χ1v) is 9.01. The van der Waals surface area contributed by atoms with Crippen molar-refractivity contribution in [1.29, 1.82) is 0 Å². The monoisotopic (exact) mass is 363 g/mol. The van der Waals surface area contributed by atoms with E-state index >= 15 is 0 Å². The first-order valence-electron chi connectivity index (χ1n) is 8.19. The molecular weight excluding hydrogens is 346 g/mol. The van der Waals surface area contributed by atoms with Gasteiger partial charge in [0.1, 0.15) is 0 Å². The molecule has 0 spiro atoms. The summed E-state index contributed by atoms with van der Waals surface area (Å²) in [4.78, 5) is 26.4. The Hall–Kier alpha value is -3.06. The van der Waals surface area contributed by atoms with E-state index in [0.29, 0.717) is 22.2 Å². The quantitative estimate of drug-likeness (QED) is 0.560. The van der Waals surface area contributed by atoms with E-state index < -0.39 is 0 Å². The van der Waals surface area contributed by atoms with Gasteiger partial charge in [0.15, 0.2) is 5.82 Å². The maximum Gasteiger partial charge on any atom is 0.282 e. The Labute approximate surface area is 153 Å². The number of benzene rings is 1. The number of aliphatic imine (C=N–C) groups is 1. The van der Waals surface area contributed by atoms with Crippen molar-refractivity contribution in [2.45, 2.75) is 20.8 Å². The summed E-state index contributed by atoms with van der Waals surface area (Å²) in [5.41, 5.74) is 3.62. The standard InChI is InChI=1S/C19H17N5OS/c1-11-7-6-10-20-17(11)21-12(2)16-13(3)23-24(18(16)25)19-22-14-8-4-5-9-15(14)26-19/h4-10,23H,1-3H3. The van der Waals surface area contributed by atoms with Crippen LogP contribution in [0.15, 0.2) is 52.4 Å². The van der Waals surface area contributed by atoms with E-state index in [9.17, 15) is 4.79 Å². The van der Waals surface area contributed by atoms with Gasteiger partial charge in [0, 0.05) is 11.9 Å². The van der Waals surface area contributed by atoms with Gasteiger partial charge in [0.2, 0.25) is 5.13 Å². The summed E-state index contributed by atoms with van der Waals surface area (Å²) in [5.74, 6) is 0.622. The van der Waals surface area contributed by atoms with E-state index in [1.807, 2.05) is 57.2 Å². The highest BCUT2D eigenvalue weighted by atomic mass is 32.1. The molecule has 1 N–H and O–H groups in total. The minimum absolute atomic E-state index is 0.156. The minimum atomic E-state index is -0.156. The summed E-state index contributed by atoms with van der Waals surface area (Å²) >= 11 is 1.47. The highest BCUT2D eigenvalue weighted by molar-refractivity contribution is 7.20. The number of nitrogens with zero attached hydrogens (tertiary/aromatic N) is 4. The lowest BCUT2D eigenvalue weighted by Gasteiger charge is -2.00. The van der Waals surface area contributed by atoms with Crippen LogP contribution in [0.25, 0.3) is 15.3 Å². The Kier molecular flexibility index (Phi) is 4.00. The molecular formula is C19H17N5OS. The number of para-hydroxylation sites is 1. The number of aryl methyl sites for hydroxylation is 2. The van der Waals surface area contributed by atoms with Crippen molar-refractivity contribution in [3.63, 3.8) is 0 Å². The normalized spacial score (nSPS) is 12.0. The average molecular weight is 363 g/mol. The summed E-state index contributed by atoms with van der Waals surface area (Å²) in [5, 5.41) is 3.74. The zero-order valence-corrected chi connectivity index (χ0v) is 15.5. The molecule has 7 heteroatoms. The SMILES string of the molecule is CC(=Nc1ncccc1C)c1c(C)[nH]n(-c2nc3ccccc3s2)c1=O. The number of nitrogens with one attached hydrogen (secondary N) is 1. The number of hydrogen-bond acceptors (Lipinski definition) is 5. The van der Waals surface area contributed by atoms with Crippen molar-refractivity contribution in [2.24, 2.45) is 4.99 Å². The number of hydrogen-bond donors (Lipinski definition) is 1. The van der Waals surface area contributed by atoms with Crippen LogP contribution in [0.2, 0.25) is 0 Å². The minimum Gasteiger partial charge on any atom is -0.293 e. The molecule has 0 amide bonds. The van der Waals surface area contributed by atoms with Gasteiger partial charge in [-0.1, -0.05) is 29.5 Å². The average Bonchev–Trinajstić information content (AvgIpc) is 3.17. The van der Waals surface area contributed by atoms with Crippen LogP contribution in [-0.4, -0.2) is 25.5 Å². The fourth-order valence-corrected chi connectivity index (χ4v) is 3.80. The van der Waals surface area contributed by atoms with Gasteiger partial charge in [-0.3, -0.25) is 9.89 Å². The van der Waals surface area contributed by atoms with Gasteiger partial charge in [-0.05, 0) is 44.5 Å². The molecule has 6 nitrogen and oxygen atoms in total. The molecule has 4 rings (SSSR count).